The van der Waals surface area contributed by atoms with E-state index in [0.29, 0.717) is 65.7 Å². The van der Waals surface area contributed by atoms with Gasteiger partial charge in [-0.25, -0.2) is 9.07 Å². The maximum atomic E-state index is 15.2. The van der Waals surface area contributed by atoms with Crippen LogP contribution in [-0.4, -0.2) is 81.2 Å². The van der Waals surface area contributed by atoms with E-state index in [9.17, 15) is 5.11 Å². The molecule has 0 fully saturated rings. The molecule has 0 saturated heterocycles. The van der Waals surface area contributed by atoms with Crippen LogP contribution in [-0.2, 0) is 11.8 Å². The van der Waals surface area contributed by atoms with Gasteiger partial charge in [0.05, 0.1) is 54.0 Å². The third-order valence-electron chi connectivity index (χ3n) is 6.19. The summed E-state index contributed by atoms with van der Waals surface area (Å²) >= 11 is 0. The van der Waals surface area contributed by atoms with Crippen molar-refractivity contribution in [1.29, 1.82) is 0 Å². The van der Waals surface area contributed by atoms with Gasteiger partial charge in [-0.1, -0.05) is 6.92 Å². The molecule has 0 saturated carbocycles. The summed E-state index contributed by atoms with van der Waals surface area (Å²) < 4.78 is 28.8. The fourth-order valence-electron chi connectivity index (χ4n) is 4.37. The molecule has 37 heavy (non-hydrogen) atoms. The summed E-state index contributed by atoms with van der Waals surface area (Å²) in [6.07, 6.45) is 4.97. The van der Waals surface area contributed by atoms with Crippen molar-refractivity contribution in [2.45, 2.75) is 26.9 Å². The standard InChI is InChI=1S/C26H34FN7O3/c1-5-34-14-16(3)37-26-20(13-30-33(26)4)18-11-19-22(31-32-23(19)12-21(18)27)8-7-17(25(28)36-6-2)24(15-34)29-9-10-35/h7-8,11-13,16,35H,5-6,9-10,14-15,28H2,1-4H3,(H,31,32)/b8-7+,25-17+,29-24?/t16-/m0/s1. The highest BCUT2D eigenvalue weighted by atomic mass is 19.1. The molecule has 198 valence electrons. The fourth-order valence-corrected chi connectivity index (χ4v) is 4.37. The van der Waals surface area contributed by atoms with E-state index in [0.717, 1.165) is 5.39 Å². The van der Waals surface area contributed by atoms with Crippen LogP contribution in [0.25, 0.3) is 28.1 Å². The lowest BCUT2D eigenvalue weighted by Gasteiger charge is -2.26. The summed E-state index contributed by atoms with van der Waals surface area (Å²) in [5.41, 5.74) is 9.71. The maximum absolute atomic E-state index is 15.2. The zero-order valence-electron chi connectivity index (χ0n) is 21.7. The molecule has 0 amide bonds. The minimum absolute atomic E-state index is 0.0950. The molecule has 11 heteroatoms. The van der Waals surface area contributed by atoms with E-state index < -0.39 is 5.82 Å². The second kappa shape index (κ2) is 11.6. The number of allylic oxidation sites excluding steroid dienone is 1. The Kier molecular flexibility index (Phi) is 8.24. The molecule has 0 unspecified atom stereocenters. The van der Waals surface area contributed by atoms with Crippen LogP contribution in [0.15, 0.2) is 40.9 Å². The maximum Gasteiger partial charge on any atom is 0.220 e. The second-order valence-electron chi connectivity index (χ2n) is 8.83. The number of nitrogens with two attached hydrogens (primary N) is 1. The first kappa shape index (κ1) is 26.4. The highest BCUT2D eigenvalue weighted by molar-refractivity contribution is 6.05. The number of nitrogens with zero attached hydrogens (tertiary/aromatic N) is 5. The average molecular weight is 512 g/mol. The van der Waals surface area contributed by atoms with Crippen molar-refractivity contribution in [2.24, 2.45) is 17.8 Å². The molecule has 1 aliphatic heterocycles. The van der Waals surface area contributed by atoms with Crippen LogP contribution in [0.4, 0.5) is 4.39 Å². The van der Waals surface area contributed by atoms with Gasteiger partial charge < -0.3 is 20.3 Å². The molecular formula is C26H34FN7O3. The predicted molar refractivity (Wildman–Crippen MR) is 142 cm³/mol. The summed E-state index contributed by atoms with van der Waals surface area (Å²) in [6.45, 7) is 8.11. The van der Waals surface area contributed by atoms with Crippen LogP contribution < -0.4 is 10.5 Å². The Balaban J connectivity index is 1.93. The number of aliphatic imine (C=N–C) groups is 1. The minimum Gasteiger partial charge on any atom is -0.479 e. The van der Waals surface area contributed by atoms with Gasteiger partial charge in [0.15, 0.2) is 5.88 Å². The number of aryl methyl sites for hydroxylation is 1. The largest absolute Gasteiger partial charge is 0.479 e. The number of aliphatic hydroxyl groups is 1. The number of halogens is 1. The number of aromatic amines is 1. The van der Waals surface area contributed by atoms with Crippen LogP contribution >= 0.6 is 0 Å². The first-order valence-electron chi connectivity index (χ1n) is 12.4. The number of benzene rings is 1. The number of likely N-dealkylation sites (N-methyl/N-ethyl adjacent to an activating group) is 1. The number of H-pyrrole nitrogens is 1. The molecule has 0 radical (unpaired) electrons. The van der Waals surface area contributed by atoms with E-state index in [1.807, 2.05) is 26.8 Å². The zero-order valence-corrected chi connectivity index (χ0v) is 21.7. The van der Waals surface area contributed by atoms with Gasteiger partial charge in [0, 0.05) is 37.2 Å². The second-order valence-corrected chi connectivity index (χ2v) is 8.83. The molecule has 4 rings (SSSR count). The Bertz CT molecular complexity index is 1340. The van der Waals surface area contributed by atoms with Crippen molar-refractivity contribution in [3.05, 3.63) is 47.4 Å². The van der Waals surface area contributed by atoms with Gasteiger partial charge in [0.2, 0.25) is 5.88 Å². The zero-order chi connectivity index (χ0) is 26.5. The van der Waals surface area contributed by atoms with Gasteiger partial charge in [0.25, 0.3) is 0 Å². The van der Waals surface area contributed by atoms with Crippen LogP contribution in [0.2, 0.25) is 0 Å². The van der Waals surface area contributed by atoms with Crippen molar-refractivity contribution in [3.8, 4) is 17.0 Å². The van der Waals surface area contributed by atoms with Crippen LogP contribution in [0.5, 0.6) is 5.88 Å². The third kappa shape index (κ3) is 5.67. The number of nitrogens with one attached hydrogen (secondary N) is 1. The smallest absolute Gasteiger partial charge is 0.220 e. The Labute approximate surface area is 215 Å². The minimum atomic E-state index is -0.406. The number of ether oxygens (including phenoxy) is 2. The molecule has 2 aromatic heterocycles. The molecule has 0 spiro atoms. The van der Waals surface area contributed by atoms with Crippen molar-refractivity contribution in [3.63, 3.8) is 0 Å². The molecule has 2 bridgehead atoms. The van der Waals surface area contributed by atoms with Crippen LogP contribution in [0.3, 0.4) is 0 Å². The number of fused-ring (bicyclic) bond motifs is 3. The Morgan fingerprint density at radius 3 is 2.86 bits per heavy atom. The highest BCUT2D eigenvalue weighted by Crippen LogP contribution is 2.35. The number of hydrogen-bond donors (Lipinski definition) is 3. The van der Waals surface area contributed by atoms with Crippen molar-refractivity contribution in [1.82, 2.24) is 24.9 Å². The van der Waals surface area contributed by atoms with E-state index in [4.69, 9.17) is 15.2 Å². The van der Waals surface area contributed by atoms with Gasteiger partial charge in [-0.2, -0.15) is 10.2 Å². The molecule has 1 aliphatic rings. The van der Waals surface area contributed by atoms with Crippen molar-refractivity contribution in [2.75, 3.05) is 39.4 Å². The van der Waals surface area contributed by atoms with E-state index in [2.05, 4.69) is 25.2 Å². The monoisotopic (exact) mass is 511 g/mol. The van der Waals surface area contributed by atoms with Gasteiger partial charge in [-0.15, -0.1) is 0 Å². The summed E-state index contributed by atoms with van der Waals surface area (Å²) in [6, 6.07) is 3.17. The molecule has 1 atom stereocenters. The first-order valence-corrected chi connectivity index (χ1v) is 12.4. The molecule has 4 N–H and O–H groups in total. The predicted octanol–water partition coefficient (Wildman–Crippen LogP) is 2.86. The molecule has 3 aromatic rings. The van der Waals surface area contributed by atoms with E-state index in [-0.39, 0.29) is 25.1 Å². The molecule has 3 heterocycles. The SMILES string of the molecule is CCO/C(N)=C1\C=C\c2n[nH]c3cc(F)c(cc23)-c2cnn(C)c2O[C@@H](C)CN(CC)CC1=NCCO. The van der Waals surface area contributed by atoms with Crippen molar-refractivity contribution < 1.29 is 19.0 Å². The fraction of sp³-hybridized carbons (Fsp3) is 0.423. The molecule has 1 aromatic carbocycles. The van der Waals surface area contributed by atoms with E-state index in [1.165, 1.54) is 6.07 Å². The summed E-state index contributed by atoms with van der Waals surface area (Å²) in [5, 5.41) is 21.8. The number of aliphatic hydroxyl groups excluding tert-OH is 1. The van der Waals surface area contributed by atoms with Gasteiger partial charge in [-0.05, 0) is 38.6 Å². The third-order valence-corrected chi connectivity index (χ3v) is 6.19. The number of hydrogen-bond acceptors (Lipinski definition) is 8. The summed E-state index contributed by atoms with van der Waals surface area (Å²) in [7, 11) is 1.77. The number of rotatable bonds is 5. The lowest BCUT2D eigenvalue weighted by atomic mass is 10.0. The Hall–Kier alpha value is -3.70. The summed E-state index contributed by atoms with van der Waals surface area (Å²) in [4.78, 5) is 6.80. The number of aromatic nitrogens is 4. The highest BCUT2D eigenvalue weighted by Gasteiger charge is 2.23. The van der Waals surface area contributed by atoms with Gasteiger partial charge >= 0.3 is 0 Å². The molecular weight excluding hydrogens is 477 g/mol. The van der Waals surface area contributed by atoms with E-state index in [1.54, 1.807) is 30.1 Å². The van der Waals surface area contributed by atoms with Gasteiger partial charge in [0.1, 0.15) is 11.9 Å². The topological polar surface area (TPSA) is 127 Å². The lowest BCUT2D eigenvalue weighted by Crippen LogP contribution is -2.38. The summed E-state index contributed by atoms with van der Waals surface area (Å²) in [5.74, 6) is 0.300. The van der Waals surface area contributed by atoms with Crippen molar-refractivity contribution >= 4 is 22.7 Å². The van der Waals surface area contributed by atoms with Crippen LogP contribution in [0.1, 0.15) is 26.5 Å². The lowest BCUT2D eigenvalue weighted by molar-refractivity contribution is 0.149. The Morgan fingerprint density at radius 2 is 2.14 bits per heavy atom. The first-order chi connectivity index (χ1) is 17.9. The van der Waals surface area contributed by atoms with E-state index >= 15 is 4.39 Å². The quantitative estimate of drug-likeness (QED) is 0.450. The normalized spacial score (nSPS) is 20.4. The molecule has 10 nitrogen and oxygen atoms in total. The Morgan fingerprint density at radius 1 is 1.32 bits per heavy atom. The molecule has 0 aliphatic carbocycles. The van der Waals surface area contributed by atoms with Crippen LogP contribution in [0, 0.1) is 5.82 Å². The average Bonchev–Trinajstić information content (AvgIpc) is 3.43. The van der Waals surface area contributed by atoms with Gasteiger partial charge in [-0.3, -0.25) is 15.0 Å².